The third kappa shape index (κ3) is 4.63. The van der Waals surface area contributed by atoms with Crippen LogP contribution in [0.25, 0.3) is 0 Å². The number of hydrogen-bond acceptors (Lipinski definition) is 2. The Morgan fingerprint density at radius 2 is 1.50 bits per heavy atom. The maximum atomic E-state index is 11.7. The van der Waals surface area contributed by atoms with Crippen molar-refractivity contribution in [1.82, 2.24) is 0 Å². The molecular weight excluding hydrogens is 290 g/mol. The van der Waals surface area contributed by atoms with Gasteiger partial charge in [-0.1, -0.05) is 76.2 Å². The number of carbonyl (C=O) groups excluding carboxylic acids is 1. The molecule has 0 spiro atoms. The lowest BCUT2D eigenvalue weighted by Gasteiger charge is -2.16. The van der Waals surface area contributed by atoms with E-state index in [9.17, 15) is 4.79 Å². The number of thioether (sulfide) groups is 1. The first-order valence-electron chi connectivity index (χ1n) is 7.90. The van der Waals surface area contributed by atoms with Gasteiger partial charge >= 0.3 is 0 Å². The number of amides is 1. The first kappa shape index (κ1) is 18.3. The maximum absolute atomic E-state index is 11.7. The van der Waals surface area contributed by atoms with Crippen LogP contribution in [0.15, 0.2) is 54.6 Å². The average Bonchev–Trinajstić information content (AvgIpc) is 2.77. The van der Waals surface area contributed by atoms with E-state index < -0.39 is 0 Å². The summed E-state index contributed by atoms with van der Waals surface area (Å²) in [6, 6.07) is 18.4. The molecule has 0 aromatic heterocycles. The Labute approximate surface area is 138 Å². The van der Waals surface area contributed by atoms with Crippen LogP contribution < -0.4 is 5.32 Å². The number of fused-ring (bicyclic) bond motifs is 1. The zero-order valence-corrected chi connectivity index (χ0v) is 14.6. The summed E-state index contributed by atoms with van der Waals surface area (Å²) in [4.78, 5) is 11.7. The number of nitrogens with one attached hydrogen (secondary N) is 1. The number of hydrogen-bond donors (Lipinski definition) is 1. The van der Waals surface area contributed by atoms with E-state index in [2.05, 4.69) is 23.5 Å². The molecule has 2 aromatic rings. The molecule has 2 aromatic carbocycles. The van der Waals surface area contributed by atoms with Gasteiger partial charge in [-0.15, -0.1) is 11.8 Å². The Morgan fingerprint density at radius 1 is 0.909 bits per heavy atom. The largest absolute Gasteiger partial charge is 0.325 e. The molecule has 0 aliphatic carbocycles. The van der Waals surface area contributed by atoms with Gasteiger partial charge in [-0.25, -0.2) is 0 Å². The predicted molar refractivity (Wildman–Crippen MR) is 98.5 cm³/mol. The van der Waals surface area contributed by atoms with Gasteiger partial charge in [-0.2, -0.15) is 0 Å². The Kier molecular flexibility index (Phi) is 8.38. The minimum atomic E-state index is 0.0749. The molecular formula is C19H25NOS. The highest BCUT2D eigenvalue weighted by Gasteiger charge is 2.23. The van der Waals surface area contributed by atoms with Gasteiger partial charge in [0.1, 0.15) is 0 Å². The van der Waals surface area contributed by atoms with Gasteiger partial charge in [0.15, 0.2) is 0 Å². The van der Waals surface area contributed by atoms with E-state index in [1.807, 2.05) is 64.1 Å². The summed E-state index contributed by atoms with van der Waals surface area (Å²) in [6.07, 6.45) is 0. The van der Waals surface area contributed by atoms with Gasteiger partial charge < -0.3 is 5.32 Å². The zero-order chi connectivity index (χ0) is 16.4. The van der Waals surface area contributed by atoms with E-state index in [0.29, 0.717) is 5.75 Å². The van der Waals surface area contributed by atoms with Crippen molar-refractivity contribution in [2.45, 2.75) is 32.9 Å². The number of para-hydroxylation sites is 1. The fourth-order valence-electron chi connectivity index (χ4n) is 2.18. The minimum Gasteiger partial charge on any atom is -0.325 e. The Morgan fingerprint density at radius 3 is 2.18 bits per heavy atom. The lowest BCUT2D eigenvalue weighted by atomic mass is 10.0. The third-order valence-corrected chi connectivity index (χ3v) is 4.29. The molecule has 0 saturated carbocycles. The standard InChI is InChI=1S/C15H13NOS.2C2H6/c17-14-10-18-15(11-6-2-1-3-7-11)12-8-4-5-9-13(12)16-14;2*1-2/h1-9,15H,10H2,(H,16,17);2*1-2H3. The van der Waals surface area contributed by atoms with E-state index >= 15 is 0 Å². The summed E-state index contributed by atoms with van der Waals surface area (Å²) < 4.78 is 0. The van der Waals surface area contributed by atoms with Gasteiger partial charge in [0.2, 0.25) is 5.91 Å². The topological polar surface area (TPSA) is 29.1 Å². The summed E-state index contributed by atoms with van der Waals surface area (Å²) in [5, 5.41) is 3.19. The van der Waals surface area contributed by atoms with Gasteiger partial charge in [0.25, 0.3) is 0 Å². The molecule has 1 N–H and O–H groups in total. The normalized spacial score (nSPS) is 15.8. The van der Waals surface area contributed by atoms with Crippen LogP contribution in [0.1, 0.15) is 44.1 Å². The smallest absolute Gasteiger partial charge is 0.234 e. The van der Waals surface area contributed by atoms with Crippen LogP contribution in [0, 0.1) is 0 Å². The monoisotopic (exact) mass is 315 g/mol. The summed E-state index contributed by atoms with van der Waals surface area (Å²) in [7, 11) is 0. The second-order valence-corrected chi connectivity index (χ2v) is 5.33. The first-order valence-corrected chi connectivity index (χ1v) is 8.95. The lowest BCUT2D eigenvalue weighted by Crippen LogP contribution is -2.12. The van der Waals surface area contributed by atoms with Crippen LogP contribution in [0.2, 0.25) is 0 Å². The van der Waals surface area contributed by atoms with E-state index in [0.717, 1.165) is 5.69 Å². The van der Waals surface area contributed by atoms with Crippen molar-refractivity contribution < 1.29 is 4.79 Å². The number of benzene rings is 2. The molecule has 1 aliphatic heterocycles. The number of carbonyl (C=O) groups is 1. The molecule has 1 atom stereocenters. The molecule has 1 amide bonds. The average molecular weight is 315 g/mol. The maximum Gasteiger partial charge on any atom is 0.234 e. The van der Waals surface area contributed by atoms with E-state index in [1.165, 1.54) is 11.1 Å². The van der Waals surface area contributed by atoms with Crippen molar-refractivity contribution >= 4 is 23.4 Å². The quantitative estimate of drug-likeness (QED) is 0.751. The fourth-order valence-corrected chi connectivity index (χ4v) is 3.30. The van der Waals surface area contributed by atoms with Gasteiger partial charge in [-0.05, 0) is 17.2 Å². The Balaban J connectivity index is 0.000000561. The van der Waals surface area contributed by atoms with Crippen molar-refractivity contribution in [3.05, 3.63) is 65.7 Å². The van der Waals surface area contributed by atoms with Crippen LogP contribution in [0.5, 0.6) is 0 Å². The van der Waals surface area contributed by atoms with Crippen molar-refractivity contribution in [3.63, 3.8) is 0 Å². The SMILES string of the molecule is CC.CC.O=C1CSC(c2ccccc2)c2ccccc2N1. The highest BCUT2D eigenvalue weighted by molar-refractivity contribution is 8.00. The van der Waals surface area contributed by atoms with Crippen LogP contribution >= 0.6 is 11.8 Å². The van der Waals surface area contributed by atoms with Gasteiger partial charge in [-0.3, -0.25) is 4.79 Å². The Bertz CT molecular complexity index is 569. The molecule has 0 fully saturated rings. The van der Waals surface area contributed by atoms with Crippen molar-refractivity contribution in [2.75, 3.05) is 11.1 Å². The molecule has 2 nitrogen and oxygen atoms in total. The second kappa shape index (κ2) is 10.1. The predicted octanol–water partition coefficient (Wildman–Crippen LogP) is 5.51. The molecule has 118 valence electrons. The van der Waals surface area contributed by atoms with Gasteiger partial charge in [0, 0.05) is 5.69 Å². The summed E-state index contributed by atoms with van der Waals surface area (Å²) in [5.74, 6) is 0.569. The molecule has 3 rings (SSSR count). The molecule has 1 heterocycles. The zero-order valence-electron chi connectivity index (χ0n) is 13.8. The molecule has 0 radical (unpaired) electrons. The Hall–Kier alpha value is -1.74. The number of anilines is 1. The fraction of sp³-hybridized carbons (Fsp3) is 0.316. The van der Waals surface area contributed by atoms with Crippen molar-refractivity contribution in [3.8, 4) is 0 Å². The van der Waals surface area contributed by atoms with Crippen molar-refractivity contribution in [1.29, 1.82) is 0 Å². The highest BCUT2D eigenvalue weighted by atomic mass is 32.2. The van der Waals surface area contributed by atoms with Crippen molar-refractivity contribution in [2.24, 2.45) is 0 Å². The van der Waals surface area contributed by atoms with Crippen LogP contribution in [-0.2, 0) is 4.79 Å². The van der Waals surface area contributed by atoms with Crippen LogP contribution in [0.4, 0.5) is 5.69 Å². The molecule has 3 heteroatoms. The molecule has 0 bridgehead atoms. The summed E-state index contributed by atoms with van der Waals surface area (Å²) in [6.45, 7) is 8.00. The highest BCUT2D eigenvalue weighted by Crippen LogP contribution is 2.40. The second-order valence-electron chi connectivity index (χ2n) is 4.24. The molecule has 0 saturated heterocycles. The minimum absolute atomic E-state index is 0.0749. The van der Waals surface area contributed by atoms with E-state index in [-0.39, 0.29) is 11.2 Å². The lowest BCUT2D eigenvalue weighted by molar-refractivity contribution is -0.113. The summed E-state index contributed by atoms with van der Waals surface area (Å²) in [5.41, 5.74) is 3.35. The summed E-state index contributed by atoms with van der Waals surface area (Å²) >= 11 is 1.68. The van der Waals surface area contributed by atoms with Crippen LogP contribution in [-0.4, -0.2) is 11.7 Å². The molecule has 1 unspecified atom stereocenters. The molecule has 22 heavy (non-hydrogen) atoms. The van der Waals surface area contributed by atoms with E-state index in [1.54, 1.807) is 11.8 Å². The third-order valence-electron chi connectivity index (χ3n) is 3.00. The van der Waals surface area contributed by atoms with E-state index in [4.69, 9.17) is 0 Å². The van der Waals surface area contributed by atoms with Crippen LogP contribution in [0.3, 0.4) is 0 Å². The number of rotatable bonds is 1. The van der Waals surface area contributed by atoms with Gasteiger partial charge in [0.05, 0.1) is 11.0 Å². The molecule has 1 aliphatic rings. The first-order chi connectivity index (χ1) is 10.8.